The maximum absolute atomic E-state index is 13.3. The summed E-state index contributed by atoms with van der Waals surface area (Å²) < 4.78 is 32.4. The lowest BCUT2D eigenvalue weighted by atomic mass is 10.1. The van der Waals surface area contributed by atoms with Crippen molar-refractivity contribution in [2.45, 2.75) is 6.92 Å². The van der Waals surface area contributed by atoms with Crippen LogP contribution in [-0.2, 0) is 14.8 Å². The van der Waals surface area contributed by atoms with Gasteiger partial charge in [0, 0.05) is 57.1 Å². The van der Waals surface area contributed by atoms with Crippen molar-refractivity contribution in [1.82, 2.24) is 33.9 Å². The van der Waals surface area contributed by atoms with Gasteiger partial charge in [-0.25, -0.2) is 23.1 Å². The van der Waals surface area contributed by atoms with Gasteiger partial charge in [-0.15, -0.1) is 0 Å². The van der Waals surface area contributed by atoms with Gasteiger partial charge >= 0.3 is 0 Å². The number of aromatic amines is 1. The van der Waals surface area contributed by atoms with Gasteiger partial charge < -0.3 is 19.5 Å². The summed E-state index contributed by atoms with van der Waals surface area (Å²) in [5.74, 6) is 0.490. The van der Waals surface area contributed by atoms with Gasteiger partial charge in [-0.2, -0.15) is 9.40 Å². The third-order valence-electron chi connectivity index (χ3n) is 7.11. The smallest absolute Gasteiger partial charge is 0.289 e. The molecule has 204 valence electrons. The highest BCUT2D eigenvalue weighted by Crippen LogP contribution is 2.29. The third kappa shape index (κ3) is 5.12. The number of pyridine rings is 1. The van der Waals surface area contributed by atoms with E-state index in [-0.39, 0.29) is 24.8 Å². The number of amides is 1. The zero-order chi connectivity index (χ0) is 27.1. The van der Waals surface area contributed by atoms with Gasteiger partial charge in [-0.05, 0) is 19.1 Å². The highest BCUT2D eigenvalue weighted by molar-refractivity contribution is 7.88. The number of nitrogens with one attached hydrogen (secondary N) is 1. The third-order valence-corrected chi connectivity index (χ3v) is 8.42. The number of fused-ring (bicyclic) bond motifs is 1. The molecule has 1 N–H and O–H groups in total. The minimum atomic E-state index is -3.29. The lowest BCUT2D eigenvalue weighted by Crippen LogP contribution is -2.50. The number of aryl methyl sites for hydroxylation is 1. The van der Waals surface area contributed by atoms with Crippen LogP contribution in [0.1, 0.15) is 16.2 Å². The first kappa shape index (κ1) is 25.5. The van der Waals surface area contributed by atoms with Crippen LogP contribution < -0.4 is 4.90 Å². The molecule has 6 rings (SSSR count). The van der Waals surface area contributed by atoms with Crippen molar-refractivity contribution in [3.8, 4) is 17.1 Å². The van der Waals surface area contributed by atoms with Gasteiger partial charge in [0.2, 0.25) is 10.0 Å². The minimum absolute atomic E-state index is 0.179. The van der Waals surface area contributed by atoms with Crippen molar-refractivity contribution in [3.63, 3.8) is 0 Å². The van der Waals surface area contributed by atoms with Crippen molar-refractivity contribution in [3.05, 3.63) is 54.0 Å². The number of sulfonamides is 1. The molecule has 5 heterocycles. The zero-order valence-corrected chi connectivity index (χ0v) is 22.7. The fourth-order valence-electron chi connectivity index (χ4n) is 5.01. The van der Waals surface area contributed by atoms with Crippen LogP contribution >= 0.6 is 0 Å². The molecule has 12 nitrogen and oxygen atoms in total. The van der Waals surface area contributed by atoms with Crippen LogP contribution in [0.25, 0.3) is 28.2 Å². The predicted octanol–water partition coefficient (Wildman–Crippen LogP) is 1.67. The molecule has 4 aromatic rings. The first-order valence-corrected chi connectivity index (χ1v) is 14.7. The molecule has 0 atom stereocenters. The number of H-pyrrole nitrogens is 1. The number of hydrogen-bond donors (Lipinski definition) is 1. The van der Waals surface area contributed by atoms with E-state index in [1.807, 2.05) is 43.5 Å². The normalized spacial score (nSPS) is 17.2. The van der Waals surface area contributed by atoms with E-state index in [2.05, 4.69) is 20.9 Å². The van der Waals surface area contributed by atoms with Crippen LogP contribution in [0.5, 0.6) is 0 Å². The number of ether oxygens (including phenoxy) is 1. The fraction of sp³-hybridized carbons (Fsp3) is 0.385. The maximum Gasteiger partial charge on any atom is 0.289 e. The number of piperazine rings is 1. The van der Waals surface area contributed by atoms with Crippen molar-refractivity contribution in [2.24, 2.45) is 0 Å². The molecule has 2 aliphatic heterocycles. The number of carbonyl (C=O) groups is 1. The van der Waals surface area contributed by atoms with Gasteiger partial charge in [-0.1, -0.05) is 23.8 Å². The van der Waals surface area contributed by atoms with Gasteiger partial charge in [0.05, 0.1) is 30.9 Å². The van der Waals surface area contributed by atoms with Crippen molar-refractivity contribution < 1.29 is 17.9 Å². The van der Waals surface area contributed by atoms with Crippen LogP contribution in [0, 0.1) is 6.92 Å². The summed E-state index contributed by atoms with van der Waals surface area (Å²) in [6.45, 7) is 5.76. The van der Waals surface area contributed by atoms with E-state index in [0.29, 0.717) is 56.4 Å². The number of nitrogens with zero attached hydrogens (tertiary/aromatic N) is 7. The standard InChI is InChI=1S/C26H30N8O4S/c1-18-4-3-5-19(16-18)20-6-7-34(30-20)22-17-21(31-12-14-38-15-13-31)23-24(27-22)29-25(28-23)26(35)32-8-10-33(11-9-32)39(2,36)37/h3-7,16-17H,8-15H2,1-2H3,(H,27,28,29). The minimum Gasteiger partial charge on any atom is -0.378 e. The Bertz CT molecular complexity index is 1630. The van der Waals surface area contributed by atoms with Crippen LogP contribution in [0.4, 0.5) is 5.69 Å². The average Bonchev–Trinajstić information content (AvgIpc) is 3.60. The average molecular weight is 551 g/mol. The Morgan fingerprint density at radius 3 is 2.49 bits per heavy atom. The van der Waals surface area contributed by atoms with E-state index in [1.54, 1.807) is 9.58 Å². The van der Waals surface area contributed by atoms with Crippen LogP contribution in [0.2, 0.25) is 0 Å². The summed E-state index contributed by atoms with van der Waals surface area (Å²) in [5.41, 5.74) is 4.97. The van der Waals surface area contributed by atoms with E-state index in [4.69, 9.17) is 14.8 Å². The molecular weight excluding hydrogens is 520 g/mol. The van der Waals surface area contributed by atoms with Crippen LogP contribution in [-0.4, -0.2) is 107 Å². The van der Waals surface area contributed by atoms with Gasteiger partial charge in [0.25, 0.3) is 5.91 Å². The number of anilines is 1. The number of hydrogen-bond acceptors (Lipinski definition) is 8. The molecule has 0 unspecified atom stereocenters. The van der Waals surface area contributed by atoms with Crippen molar-refractivity contribution in [2.75, 3.05) is 63.6 Å². The van der Waals surface area contributed by atoms with E-state index in [0.717, 1.165) is 22.5 Å². The molecule has 2 fully saturated rings. The first-order chi connectivity index (χ1) is 18.8. The second kappa shape index (κ2) is 10.1. The molecule has 0 radical (unpaired) electrons. The number of morpholine rings is 1. The first-order valence-electron chi connectivity index (χ1n) is 12.9. The molecule has 39 heavy (non-hydrogen) atoms. The van der Waals surface area contributed by atoms with Crippen molar-refractivity contribution >= 4 is 32.8 Å². The number of carbonyl (C=O) groups excluding carboxylic acids is 1. The predicted molar refractivity (Wildman–Crippen MR) is 147 cm³/mol. The number of benzene rings is 1. The van der Waals surface area contributed by atoms with Crippen LogP contribution in [0.3, 0.4) is 0 Å². The Kier molecular flexibility index (Phi) is 6.57. The Labute approximate surface area is 226 Å². The summed E-state index contributed by atoms with van der Waals surface area (Å²) >= 11 is 0. The second-order valence-corrected chi connectivity index (χ2v) is 11.8. The Balaban J connectivity index is 1.35. The summed E-state index contributed by atoms with van der Waals surface area (Å²) in [6, 6.07) is 12.1. The summed E-state index contributed by atoms with van der Waals surface area (Å²) in [5, 5.41) is 4.77. The molecule has 1 amide bonds. The highest BCUT2D eigenvalue weighted by atomic mass is 32.2. The van der Waals surface area contributed by atoms with Gasteiger partial charge in [0.15, 0.2) is 17.3 Å². The molecule has 3 aromatic heterocycles. The Morgan fingerprint density at radius 2 is 1.77 bits per heavy atom. The largest absolute Gasteiger partial charge is 0.378 e. The van der Waals surface area contributed by atoms with Crippen molar-refractivity contribution in [1.29, 1.82) is 0 Å². The molecule has 13 heteroatoms. The van der Waals surface area contributed by atoms with Crippen LogP contribution in [0.15, 0.2) is 42.6 Å². The molecule has 2 saturated heterocycles. The highest BCUT2D eigenvalue weighted by Gasteiger charge is 2.29. The fourth-order valence-corrected chi connectivity index (χ4v) is 5.84. The number of imidazole rings is 1. The van der Waals surface area contributed by atoms with Gasteiger partial charge in [0.1, 0.15) is 5.52 Å². The molecule has 2 aliphatic rings. The van der Waals surface area contributed by atoms with E-state index in [1.165, 1.54) is 10.6 Å². The summed E-state index contributed by atoms with van der Waals surface area (Å²) in [4.78, 5) is 29.7. The van der Waals surface area contributed by atoms with Gasteiger partial charge in [-0.3, -0.25) is 4.79 Å². The molecule has 1 aromatic carbocycles. The molecule has 0 aliphatic carbocycles. The lowest BCUT2D eigenvalue weighted by Gasteiger charge is -2.32. The Hall–Kier alpha value is -3.81. The Morgan fingerprint density at radius 1 is 1.00 bits per heavy atom. The summed E-state index contributed by atoms with van der Waals surface area (Å²) in [6.07, 6.45) is 3.05. The topological polar surface area (TPSA) is 130 Å². The van der Waals surface area contributed by atoms with E-state index >= 15 is 0 Å². The molecular formula is C26H30N8O4S. The van der Waals surface area contributed by atoms with E-state index in [9.17, 15) is 13.2 Å². The lowest BCUT2D eigenvalue weighted by molar-refractivity contribution is 0.0687. The SMILES string of the molecule is Cc1cccc(-c2ccn(-c3cc(N4CCOCC4)c4[nH]c(C(=O)N5CCN(S(C)(=O)=O)CC5)nc4n3)n2)c1. The molecule has 0 bridgehead atoms. The quantitative estimate of drug-likeness (QED) is 0.397. The summed E-state index contributed by atoms with van der Waals surface area (Å²) in [7, 11) is -3.29. The van der Waals surface area contributed by atoms with E-state index < -0.39 is 10.0 Å². The molecule has 0 spiro atoms. The number of aromatic nitrogens is 5. The zero-order valence-electron chi connectivity index (χ0n) is 21.9. The molecule has 0 saturated carbocycles. The monoisotopic (exact) mass is 550 g/mol. The number of rotatable bonds is 5. The second-order valence-electron chi connectivity index (χ2n) is 9.85. The maximum atomic E-state index is 13.3.